The molecule has 0 saturated heterocycles. The van der Waals surface area contributed by atoms with E-state index in [1.54, 1.807) is 13.8 Å². The Bertz CT molecular complexity index is 2210. The Balaban J connectivity index is 2.03. The van der Waals surface area contributed by atoms with Gasteiger partial charge in [-0.2, -0.15) is 0 Å². The van der Waals surface area contributed by atoms with E-state index in [0.29, 0.717) is 66.4 Å². The molecular formula is C36H43N5O7. The molecule has 4 aromatic heterocycles. The van der Waals surface area contributed by atoms with E-state index in [1.807, 2.05) is 45.9 Å². The summed E-state index contributed by atoms with van der Waals surface area (Å²) in [6.07, 6.45) is 4.01. The van der Waals surface area contributed by atoms with E-state index in [1.165, 1.54) is 0 Å². The van der Waals surface area contributed by atoms with Crippen LogP contribution in [-0.2, 0) is 27.2 Å². The van der Waals surface area contributed by atoms with Crippen LogP contribution >= 0.6 is 0 Å². The minimum absolute atomic E-state index is 0.0958. The number of aliphatic hydroxyl groups excluding tert-OH is 2. The number of hydrogen-bond donors (Lipinski definition) is 9. The van der Waals surface area contributed by atoms with E-state index in [0.717, 1.165) is 22.3 Å². The Labute approximate surface area is 276 Å². The topological polar surface area (TPSA) is 221 Å². The van der Waals surface area contributed by atoms with E-state index in [4.69, 9.17) is 5.73 Å². The molecular weight excluding hydrogens is 614 g/mol. The smallest absolute Gasteiger partial charge is 0.303 e. The molecule has 12 nitrogen and oxygen atoms in total. The van der Waals surface area contributed by atoms with Crippen LogP contribution in [0, 0.1) is 27.7 Å². The molecule has 4 aromatic rings. The van der Waals surface area contributed by atoms with Crippen molar-refractivity contribution in [3.8, 4) is 0 Å². The zero-order valence-electron chi connectivity index (χ0n) is 28.0. The largest absolute Gasteiger partial charge is 0.481 e. The molecule has 5 heterocycles. The van der Waals surface area contributed by atoms with E-state index in [-0.39, 0.29) is 43.6 Å². The van der Waals surface area contributed by atoms with Gasteiger partial charge in [-0.3, -0.25) is 14.4 Å². The van der Waals surface area contributed by atoms with Crippen LogP contribution in [0.15, 0.2) is 0 Å². The maximum Gasteiger partial charge on any atom is 0.303 e. The summed E-state index contributed by atoms with van der Waals surface area (Å²) in [6, 6.07) is 0. The lowest BCUT2D eigenvalue weighted by Crippen LogP contribution is -2.27. The molecule has 48 heavy (non-hydrogen) atoms. The van der Waals surface area contributed by atoms with Crippen LogP contribution in [0.5, 0.6) is 0 Å². The molecule has 0 saturated carbocycles. The van der Waals surface area contributed by atoms with Gasteiger partial charge in [0.15, 0.2) is 5.78 Å². The van der Waals surface area contributed by atoms with Gasteiger partial charge in [0.1, 0.15) is 0 Å². The predicted molar refractivity (Wildman–Crippen MR) is 181 cm³/mol. The van der Waals surface area contributed by atoms with Crippen molar-refractivity contribution in [2.45, 2.75) is 79.4 Å². The number of aromatic nitrogens is 4. The number of aromatic amines is 4. The highest BCUT2D eigenvalue weighted by molar-refractivity contribution is 6.21. The minimum Gasteiger partial charge on any atom is -0.481 e. The lowest BCUT2D eigenvalue weighted by Gasteiger charge is -2.10. The second-order valence-corrected chi connectivity index (χ2v) is 12.6. The van der Waals surface area contributed by atoms with Crippen molar-refractivity contribution in [3.05, 3.63) is 88.7 Å². The third-order valence-corrected chi connectivity index (χ3v) is 9.41. The predicted octanol–water partition coefficient (Wildman–Crippen LogP) is 0.900. The second kappa shape index (κ2) is 13.3. The molecule has 2 atom stereocenters. The van der Waals surface area contributed by atoms with Crippen LogP contribution in [0.3, 0.4) is 0 Å². The summed E-state index contributed by atoms with van der Waals surface area (Å²) >= 11 is 0. The molecule has 1 aliphatic rings. The molecule has 12 heteroatoms. The van der Waals surface area contributed by atoms with Gasteiger partial charge in [-0.25, -0.2) is 0 Å². The van der Waals surface area contributed by atoms with Crippen LogP contribution in [0.25, 0.3) is 23.8 Å². The van der Waals surface area contributed by atoms with Crippen molar-refractivity contribution >= 4 is 41.5 Å². The first-order valence-electron chi connectivity index (χ1n) is 16.0. The molecule has 254 valence electrons. The van der Waals surface area contributed by atoms with Crippen molar-refractivity contribution in [1.29, 1.82) is 0 Å². The molecule has 0 radical (unpaired) electrons. The van der Waals surface area contributed by atoms with Gasteiger partial charge >= 0.3 is 11.9 Å². The maximum absolute atomic E-state index is 13.7. The number of Topliss-reactive ketones (excluding diaryl/α,β-unsaturated/α-hetero) is 1. The van der Waals surface area contributed by atoms with Gasteiger partial charge in [0.05, 0.1) is 35.4 Å². The molecule has 5 rings (SSSR count). The number of carbonyl (C=O) groups is 3. The van der Waals surface area contributed by atoms with Crippen molar-refractivity contribution in [3.63, 3.8) is 0 Å². The molecule has 0 fully saturated rings. The van der Waals surface area contributed by atoms with Crippen molar-refractivity contribution in [2.75, 3.05) is 6.54 Å². The first kappa shape index (κ1) is 34.4. The first-order chi connectivity index (χ1) is 22.6. The number of rotatable bonds is 10. The Kier molecular flexibility index (Phi) is 9.54. The van der Waals surface area contributed by atoms with Gasteiger partial charge in [-0.1, -0.05) is 0 Å². The molecule has 8 bridgehead atoms. The van der Waals surface area contributed by atoms with Gasteiger partial charge in [-0.05, 0) is 106 Å². The second-order valence-electron chi connectivity index (χ2n) is 12.6. The normalized spacial score (nSPS) is 13.8. The van der Waals surface area contributed by atoms with Crippen molar-refractivity contribution in [1.82, 2.24) is 19.9 Å². The molecule has 10 N–H and O–H groups in total. The third kappa shape index (κ3) is 6.21. The van der Waals surface area contributed by atoms with Gasteiger partial charge in [0.25, 0.3) is 0 Å². The number of carboxylic acids is 2. The average molecular weight is 658 g/mol. The van der Waals surface area contributed by atoms with Crippen LogP contribution in [0.1, 0.15) is 106 Å². The summed E-state index contributed by atoms with van der Waals surface area (Å²) in [6.45, 7) is 10.4. The van der Waals surface area contributed by atoms with E-state index >= 15 is 0 Å². The van der Waals surface area contributed by atoms with E-state index in [2.05, 4.69) is 19.9 Å². The summed E-state index contributed by atoms with van der Waals surface area (Å²) in [4.78, 5) is 50.7. The number of fused-ring (bicyclic) bond motifs is 8. The quantitative estimate of drug-likeness (QED) is 0.119. The number of ketones is 1. The van der Waals surface area contributed by atoms with Gasteiger partial charge in [-0.15, -0.1) is 0 Å². The number of aliphatic carboxylic acids is 2. The number of hydrogen-bond acceptors (Lipinski definition) is 6. The highest BCUT2D eigenvalue weighted by atomic mass is 16.4. The fraction of sp³-hybridized carbons (Fsp3) is 0.361. The first-order valence-corrected chi connectivity index (χ1v) is 16.0. The SMILES string of the molecule is Cc1c2[nH]c(c1CCC(=O)O)C=c1[nH]c(c(C)c1CCC(=O)O)=Cc1[nH]c(c(C)c1C(C)O)C(C(=O)CN)=c1[nH]c(c(C)c1C(C)O)=C2. The molecule has 0 spiro atoms. The van der Waals surface area contributed by atoms with Crippen LogP contribution in [-0.4, -0.2) is 64.6 Å². The average Bonchev–Trinajstić information content (AvgIpc) is 3.68. The van der Waals surface area contributed by atoms with E-state index < -0.39 is 24.1 Å². The molecule has 0 aliphatic carbocycles. The van der Waals surface area contributed by atoms with Gasteiger partial charge < -0.3 is 46.1 Å². The lowest BCUT2D eigenvalue weighted by molar-refractivity contribution is -0.138. The summed E-state index contributed by atoms with van der Waals surface area (Å²) in [5, 5.41) is 43.4. The molecule has 2 unspecified atom stereocenters. The summed E-state index contributed by atoms with van der Waals surface area (Å²) in [7, 11) is 0. The fourth-order valence-corrected chi connectivity index (χ4v) is 6.97. The highest BCUT2D eigenvalue weighted by Crippen LogP contribution is 2.30. The number of nitrogens with one attached hydrogen (secondary N) is 4. The number of H-pyrrole nitrogens is 4. The van der Waals surface area contributed by atoms with Crippen LogP contribution in [0.4, 0.5) is 0 Å². The number of aliphatic hydroxyl groups is 2. The fourth-order valence-electron chi connectivity index (χ4n) is 6.97. The minimum atomic E-state index is -0.956. The number of carboxylic acid groups (broad SMARTS) is 2. The Morgan fingerprint density at radius 2 is 1.23 bits per heavy atom. The third-order valence-electron chi connectivity index (χ3n) is 9.41. The van der Waals surface area contributed by atoms with Gasteiger partial charge in [0.2, 0.25) is 0 Å². The van der Waals surface area contributed by atoms with Gasteiger partial charge in [0, 0.05) is 57.1 Å². The summed E-state index contributed by atoms with van der Waals surface area (Å²) in [5.41, 5.74) is 14.2. The highest BCUT2D eigenvalue weighted by Gasteiger charge is 2.26. The molecule has 0 amide bonds. The molecule has 1 aliphatic heterocycles. The van der Waals surface area contributed by atoms with Crippen molar-refractivity contribution in [2.24, 2.45) is 5.73 Å². The van der Waals surface area contributed by atoms with Crippen LogP contribution in [0.2, 0.25) is 0 Å². The van der Waals surface area contributed by atoms with E-state index in [9.17, 15) is 34.8 Å². The molecule has 0 aromatic carbocycles. The summed E-state index contributed by atoms with van der Waals surface area (Å²) < 4.78 is 0. The monoisotopic (exact) mass is 657 g/mol. The summed E-state index contributed by atoms with van der Waals surface area (Å²) in [5.74, 6) is -2.25. The van der Waals surface area contributed by atoms with Crippen LogP contribution < -0.4 is 27.1 Å². The zero-order valence-corrected chi connectivity index (χ0v) is 28.0. The Morgan fingerprint density at radius 1 is 0.667 bits per heavy atom. The maximum atomic E-state index is 13.7. The standard InChI is InChI=1S/C36H43N5O7/c1-15-21(7-9-30(45)46)26-13-27-22(8-10-31(47)48)16(2)24(39-27)12-28-32(19(5)42)18(4)35(41-28)34(29(44)14-37)36-33(20(6)43)17(3)25(40-36)11-23(15)38-26/h11-13,19-20,38-43H,7-10,14,37H2,1-6H3,(H,45,46)(H,47,48). The Hall–Kier alpha value is -4.91. The Morgan fingerprint density at radius 3 is 1.81 bits per heavy atom. The number of carbonyl (C=O) groups excluding carboxylic acids is 1. The number of nitrogens with two attached hydrogens (primary N) is 1. The van der Waals surface area contributed by atoms with Crippen molar-refractivity contribution < 1.29 is 34.8 Å². The zero-order chi connectivity index (χ0) is 35.2. The lowest BCUT2D eigenvalue weighted by atomic mass is 9.97.